The van der Waals surface area contributed by atoms with Gasteiger partial charge in [0.25, 0.3) is 0 Å². The molecule has 208 valence electrons. The lowest BCUT2D eigenvalue weighted by molar-refractivity contribution is -0.143. The van der Waals surface area contributed by atoms with Crippen molar-refractivity contribution < 1.29 is 29.0 Å². The lowest BCUT2D eigenvalue weighted by atomic mass is 9.95. The SMILES string of the molecule is CCCCCNC(=O)C(c1cc(C)ccc1C)N(CCO)C(=O)C(CCC(N)=O)NC(=O)OC(C)(C)C. The molecule has 1 rings (SSSR count). The van der Waals surface area contributed by atoms with Gasteiger partial charge in [-0.3, -0.25) is 14.4 Å². The molecule has 1 aromatic rings. The number of nitrogens with one attached hydrogen (secondary N) is 2. The molecule has 10 nitrogen and oxygen atoms in total. The van der Waals surface area contributed by atoms with Gasteiger partial charge in [0.15, 0.2) is 0 Å². The van der Waals surface area contributed by atoms with Crippen LogP contribution in [0.1, 0.15) is 82.5 Å². The number of benzene rings is 1. The Morgan fingerprint density at radius 3 is 2.38 bits per heavy atom. The van der Waals surface area contributed by atoms with Crippen molar-refractivity contribution in [2.45, 2.75) is 91.3 Å². The zero-order chi connectivity index (χ0) is 28.2. The molecule has 0 aliphatic rings. The van der Waals surface area contributed by atoms with E-state index in [0.29, 0.717) is 12.1 Å². The molecule has 0 saturated carbocycles. The predicted octanol–water partition coefficient (Wildman–Crippen LogP) is 2.63. The van der Waals surface area contributed by atoms with Crippen LogP contribution in [0.2, 0.25) is 0 Å². The maximum Gasteiger partial charge on any atom is 0.408 e. The van der Waals surface area contributed by atoms with Gasteiger partial charge in [0.05, 0.1) is 6.61 Å². The Bertz CT molecular complexity index is 928. The first-order chi connectivity index (χ1) is 17.3. The number of carbonyl (C=O) groups is 4. The Kier molecular flexibility index (Phi) is 13.1. The van der Waals surface area contributed by atoms with Gasteiger partial charge in [-0.25, -0.2) is 4.79 Å². The van der Waals surface area contributed by atoms with Gasteiger partial charge in [-0.1, -0.05) is 43.5 Å². The van der Waals surface area contributed by atoms with Crippen LogP contribution in [0.5, 0.6) is 0 Å². The van der Waals surface area contributed by atoms with Crippen LogP contribution < -0.4 is 16.4 Å². The number of alkyl carbamates (subject to hydrolysis) is 1. The fourth-order valence-corrected chi connectivity index (χ4v) is 3.86. The molecule has 0 aliphatic heterocycles. The Morgan fingerprint density at radius 1 is 1.14 bits per heavy atom. The van der Waals surface area contributed by atoms with Crippen molar-refractivity contribution in [2.75, 3.05) is 19.7 Å². The molecule has 0 radical (unpaired) electrons. The molecule has 0 saturated heterocycles. The van der Waals surface area contributed by atoms with Gasteiger partial charge in [0, 0.05) is 19.5 Å². The van der Waals surface area contributed by atoms with Gasteiger partial charge in [-0.2, -0.15) is 0 Å². The number of hydrogen-bond donors (Lipinski definition) is 4. The molecular weight excluding hydrogens is 476 g/mol. The fourth-order valence-electron chi connectivity index (χ4n) is 3.86. The number of hydrogen-bond acceptors (Lipinski definition) is 6. The van der Waals surface area contributed by atoms with Crippen LogP contribution in [0.25, 0.3) is 0 Å². The molecule has 0 spiro atoms. The van der Waals surface area contributed by atoms with Gasteiger partial charge in [-0.15, -0.1) is 0 Å². The summed E-state index contributed by atoms with van der Waals surface area (Å²) in [6.07, 6.45) is 1.62. The highest BCUT2D eigenvalue weighted by molar-refractivity contribution is 5.92. The summed E-state index contributed by atoms with van der Waals surface area (Å²) in [4.78, 5) is 52.6. The minimum absolute atomic E-state index is 0.0903. The molecule has 0 heterocycles. The summed E-state index contributed by atoms with van der Waals surface area (Å²) in [5.74, 6) is -1.66. The van der Waals surface area contributed by atoms with E-state index in [2.05, 4.69) is 17.6 Å². The summed E-state index contributed by atoms with van der Waals surface area (Å²) < 4.78 is 5.30. The second-order valence-electron chi connectivity index (χ2n) is 10.2. The average molecular weight is 521 g/mol. The number of amides is 4. The molecule has 0 aliphatic carbocycles. The highest BCUT2D eigenvalue weighted by Crippen LogP contribution is 2.27. The third kappa shape index (κ3) is 11.2. The summed E-state index contributed by atoms with van der Waals surface area (Å²) in [6, 6.07) is 3.36. The zero-order valence-corrected chi connectivity index (χ0v) is 23.1. The Hall–Kier alpha value is -3.14. The molecule has 2 atom stereocenters. The minimum atomic E-state index is -1.20. The van der Waals surface area contributed by atoms with Crippen LogP contribution in [0.15, 0.2) is 18.2 Å². The topological polar surface area (TPSA) is 151 Å². The second-order valence-corrected chi connectivity index (χ2v) is 10.2. The number of primary amides is 1. The van der Waals surface area contributed by atoms with Crippen LogP contribution in [0, 0.1) is 13.8 Å². The summed E-state index contributed by atoms with van der Waals surface area (Å²) in [7, 11) is 0. The van der Waals surface area contributed by atoms with E-state index in [1.54, 1.807) is 20.8 Å². The maximum absolute atomic E-state index is 13.9. The summed E-state index contributed by atoms with van der Waals surface area (Å²) in [5, 5.41) is 15.3. The number of nitrogens with zero attached hydrogens (tertiary/aromatic N) is 1. The van der Waals surface area contributed by atoms with Crippen molar-refractivity contribution in [1.82, 2.24) is 15.5 Å². The highest BCUT2D eigenvalue weighted by atomic mass is 16.6. The van der Waals surface area contributed by atoms with E-state index in [1.165, 1.54) is 4.90 Å². The first-order valence-electron chi connectivity index (χ1n) is 12.8. The number of ether oxygens (including phenoxy) is 1. The van der Waals surface area contributed by atoms with E-state index >= 15 is 0 Å². The number of rotatable bonds is 14. The molecule has 0 aromatic heterocycles. The van der Waals surface area contributed by atoms with Gasteiger partial charge in [-0.05, 0) is 58.6 Å². The zero-order valence-electron chi connectivity index (χ0n) is 23.1. The van der Waals surface area contributed by atoms with Crippen LogP contribution in [0.4, 0.5) is 4.79 Å². The van der Waals surface area contributed by atoms with Crippen molar-refractivity contribution >= 4 is 23.8 Å². The van der Waals surface area contributed by atoms with Gasteiger partial charge in [0.1, 0.15) is 17.7 Å². The number of unbranched alkanes of at least 4 members (excludes halogenated alkanes) is 2. The third-order valence-electron chi connectivity index (χ3n) is 5.66. The van der Waals surface area contributed by atoms with E-state index in [4.69, 9.17) is 10.5 Å². The maximum atomic E-state index is 13.9. The van der Waals surface area contributed by atoms with Crippen molar-refractivity contribution in [3.8, 4) is 0 Å². The first kappa shape index (κ1) is 31.9. The van der Waals surface area contributed by atoms with Crippen LogP contribution in [-0.2, 0) is 19.1 Å². The normalized spacial score (nSPS) is 12.8. The molecule has 2 unspecified atom stereocenters. The lowest BCUT2D eigenvalue weighted by Crippen LogP contribution is -2.54. The summed E-state index contributed by atoms with van der Waals surface area (Å²) >= 11 is 0. The van der Waals surface area contributed by atoms with E-state index in [0.717, 1.165) is 30.4 Å². The van der Waals surface area contributed by atoms with Crippen molar-refractivity contribution in [3.63, 3.8) is 0 Å². The summed E-state index contributed by atoms with van der Waals surface area (Å²) in [6.45, 7) is 10.7. The van der Waals surface area contributed by atoms with E-state index in [1.807, 2.05) is 32.0 Å². The summed E-state index contributed by atoms with van der Waals surface area (Å²) in [5.41, 5.74) is 6.81. The quantitative estimate of drug-likeness (QED) is 0.277. The monoisotopic (exact) mass is 520 g/mol. The van der Waals surface area contributed by atoms with Crippen molar-refractivity contribution in [3.05, 3.63) is 34.9 Å². The third-order valence-corrected chi connectivity index (χ3v) is 5.66. The molecular formula is C27H44N4O6. The van der Waals surface area contributed by atoms with Crippen LogP contribution >= 0.6 is 0 Å². The van der Waals surface area contributed by atoms with E-state index < -0.39 is 48.1 Å². The molecule has 0 fully saturated rings. The number of nitrogens with two attached hydrogens (primary N) is 1. The van der Waals surface area contributed by atoms with Gasteiger partial charge < -0.3 is 31.1 Å². The second kappa shape index (κ2) is 15.2. The minimum Gasteiger partial charge on any atom is -0.444 e. The molecule has 0 bridgehead atoms. The van der Waals surface area contributed by atoms with E-state index in [-0.39, 0.29) is 19.4 Å². The molecule has 10 heteroatoms. The Morgan fingerprint density at radius 2 is 1.81 bits per heavy atom. The Balaban J connectivity index is 3.45. The van der Waals surface area contributed by atoms with E-state index in [9.17, 15) is 24.3 Å². The largest absolute Gasteiger partial charge is 0.444 e. The fraction of sp³-hybridized carbons (Fsp3) is 0.630. The molecule has 5 N–H and O–H groups in total. The number of aliphatic hydroxyl groups is 1. The standard InChI is InChI=1S/C27H44N4O6/c1-7-8-9-14-29-24(34)23(20-17-18(2)10-11-19(20)3)31(15-16-32)25(35)21(12-13-22(28)33)30-26(36)37-27(4,5)6/h10-11,17,21,23,32H,7-9,12-16H2,1-6H3,(H2,28,33)(H,29,34)(H,30,36). The predicted molar refractivity (Wildman–Crippen MR) is 142 cm³/mol. The van der Waals surface area contributed by atoms with Crippen molar-refractivity contribution in [1.29, 1.82) is 0 Å². The molecule has 1 aromatic carbocycles. The lowest BCUT2D eigenvalue weighted by Gasteiger charge is -2.35. The first-order valence-corrected chi connectivity index (χ1v) is 12.8. The molecule has 4 amide bonds. The number of aliphatic hydroxyl groups excluding tert-OH is 1. The number of aryl methyl sites for hydroxylation is 2. The van der Waals surface area contributed by atoms with Crippen molar-refractivity contribution in [2.24, 2.45) is 5.73 Å². The van der Waals surface area contributed by atoms with Gasteiger partial charge in [0.2, 0.25) is 17.7 Å². The van der Waals surface area contributed by atoms with Crippen LogP contribution in [-0.4, -0.2) is 65.2 Å². The Labute approximate surface area is 220 Å². The highest BCUT2D eigenvalue weighted by Gasteiger charge is 2.36. The molecule has 37 heavy (non-hydrogen) atoms. The van der Waals surface area contributed by atoms with Gasteiger partial charge >= 0.3 is 6.09 Å². The van der Waals surface area contributed by atoms with Crippen LogP contribution in [0.3, 0.4) is 0 Å². The smallest absolute Gasteiger partial charge is 0.408 e. The number of carbonyl (C=O) groups excluding carboxylic acids is 4. The average Bonchev–Trinajstić information content (AvgIpc) is 2.79.